The summed E-state index contributed by atoms with van der Waals surface area (Å²) in [5.41, 5.74) is 2.20. The molecule has 29 heavy (non-hydrogen) atoms. The Kier molecular flexibility index (Phi) is 6.28. The van der Waals surface area contributed by atoms with Crippen molar-refractivity contribution in [1.82, 2.24) is 0 Å². The summed E-state index contributed by atoms with van der Waals surface area (Å²) in [6.45, 7) is 4.40. The number of hydrogen-bond donors (Lipinski definition) is 1. The molecule has 0 atom stereocenters. The van der Waals surface area contributed by atoms with Crippen LogP contribution in [0.4, 0.5) is 10.7 Å². The van der Waals surface area contributed by atoms with Gasteiger partial charge < -0.3 is 10.1 Å². The molecule has 0 saturated heterocycles. The Morgan fingerprint density at radius 1 is 1.24 bits per heavy atom. The van der Waals surface area contributed by atoms with Crippen molar-refractivity contribution >= 4 is 43.9 Å². The van der Waals surface area contributed by atoms with Crippen LogP contribution in [0.2, 0.25) is 0 Å². The maximum atomic E-state index is 12.8. The van der Waals surface area contributed by atoms with Gasteiger partial charge in [-0.1, -0.05) is 6.92 Å². The number of rotatable bonds is 6. The zero-order valence-corrected chi connectivity index (χ0v) is 18.3. The van der Waals surface area contributed by atoms with Crippen LogP contribution in [0.3, 0.4) is 0 Å². The Bertz CT molecular complexity index is 1040. The van der Waals surface area contributed by atoms with E-state index in [0.29, 0.717) is 41.2 Å². The summed E-state index contributed by atoms with van der Waals surface area (Å²) in [6, 6.07) is 6.74. The number of amides is 1. The lowest BCUT2D eigenvalue weighted by molar-refractivity contribution is 0.0528. The standard InChI is InChI=1S/C20H24N2O5S2/c1-4-15-12-16(20(24)27-5-2)19(28-15)21-18(23)14-8-9-17-13(11-14)7-6-10-22(17)29(3,25)26/h8-9,11-12H,4-7,10H2,1-3H3,(H,21,23). The minimum atomic E-state index is -3.36. The molecule has 0 aliphatic carbocycles. The molecule has 0 saturated carbocycles. The number of carbonyl (C=O) groups excluding carboxylic acids is 2. The summed E-state index contributed by atoms with van der Waals surface area (Å²) >= 11 is 1.35. The monoisotopic (exact) mass is 436 g/mol. The Labute approximate surface area is 174 Å². The molecule has 0 unspecified atom stereocenters. The number of nitrogens with one attached hydrogen (secondary N) is 1. The van der Waals surface area contributed by atoms with Crippen LogP contribution in [0, 0.1) is 0 Å². The van der Waals surface area contributed by atoms with Gasteiger partial charge in [0, 0.05) is 17.0 Å². The van der Waals surface area contributed by atoms with Crippen LogP contribution >= 0.6 is 11.3 Å². The average Bonchev–Trinajstić information content (AvgIpc) is 3.09. The van der Waals surface area contributed by atoms with E-state index in [-0.39, 0.29) is 12.5 Å². The van der Waals surface area contributed by atoms with Gasteiger partial charge in [-0.15, -0.1) is 11.3 Å². The van der Waals surface area contributed by atoms with Crippen molar-refractivity contribution in [1.29, 1.82) is 0 Å². The van der Waals surface area contributed by atoms with E-state index in [9.17, 15) is 18.0 Å². The molecule has 1 amide bonds. The SMILES string of the molecule is CCOC(=O)c1cc(CC)sc1NC(=O)c1ccc2c(c1)CCCN2S(C)(=O)=O. The van der Waals surface area contributed by atoms with Crippen LogP contribution in [0.1, 0.15) is 51.4 Å². The number of benzene rings is 1. The molecule has 0 radical (unpaired) electrons. The largest absolute Gasteiger partial charge is 0.462 e. The zero-order chi connectivity index (χ0) is 21.2. The van der Waals surface area contributed by atoms with Gasteiger partial charge in [-0.05, 0) is 56.0 Å². The topological polar surface area (TPSA) is 92.8 Å². The average molecular weight is 437 g/mol. The molecule has 1 aliphatic heterocycles. The first-order valence-corrected chi connectivity index (χ1v) is 12.1. The molecular formula is C20H24N2O5S2. The third kappa shape index (κ3) is 4.62. The van der Waals surface area contributed by atoms with Crippen molar-refractivity contribution in [2.24, 2.45) is 0 Å². The van der Waals surface area contributed by atoms with Crippen LogP contribution in [0.25, 0.3) is 0 Å². The lowest BCUT2D eigenvalue weighted by atomic mass is 10.0. The summed E-state index contributed by atoms with van der Waals surface area (Å²) in [5.74, 6) is -0.813. The van der Waals surface area contributed by atoms with Gasteiger partial charge in [0.2, 0.25) is 10.0 Å². The van der Waals surface area contributed by atoms with Crippen LogP contribution in [-0.2, 0) is 27.6 Å². The molecule has 0 fully saturated rings. The number of esters is 1. The number of nitrogens with zero attached hydrogens (tertiary/aromatic N) is 1. The number of fused-ring (bicyclic) bond motifs is 1. The van der Waals surface area contributed by atoms with E-state index < -0.39 is 16.0 Å². The van der Waals surface area contributed by atoms with Gasteiger partial charge in [-0.2, -0.15) is 0 Å². The van der Waals surface area contributed by atoms with E-state index in [1.807, 2.05) is 6.92 Å². The smallest absolute Gasteiger partial charge is 0.341 e. The maximum Gasteiger partial charge on any atom is 0.341 e. The molecule has 1 aromatic carbocycles. The van der Waals surface area contributed by atoms with Crippen molar-refractivity contribution < 1.29 is 22.7 Å². The van der Waals surface area contributed by atoms with Crippen LogP contribution in [0.5, 0.6) is 0 Å². The first-order chi connectivity index (χ1) is 13.7. The van der Waals surface area contributed by atoms with Gasteiger partial charge in [-0.25, -0.2) is 13.2 Å². The van der Waals surface area contributed by atoms with Crippen molar-refractivity contribution in [3.63, 3.8) is 0 Å². The quantitative estimate of drug-likeness (QED) is 0.700. The number of hydrogen-bond acceptors (Lipinski definition) is 6. The fourth-order valence-electron chi connectivity index (χ4n) is 3.29. The third-order valence-electron chi connectivity index (χ3n) is 4.67. The highest BCUT2D eigenvalue weighted by Gasteiger charge is 2.25. The molecule has 3 rings (SSSR count). The molecule has 0 bridgehead atoms. The second kappa shape index (κ2) is 8.54. The second-order valence-electron chi connectivity index (χ2n) is 6.77. The molecular weight excluding hydrogens is 412 g/mol. The number of anilines is 2. The minimum absolute atomic E-state index is 0.255. The van der Waals surface area contributed by atoms with Gasteiger partial charge in [0.1, 0.15) is 5.00 Å². The van der Waals surface area contributed by atoms with E-state index in [1.54, 1.807) is 31.2 Å². The van der Waals surface area contributed by atoms with E-state index in [0.717, 1.165) is 16.9 Å². The lowest BCUT2D eigenvalue weighted by Crippen LogP contribution is -2.34. The molecule has 7 nitrogen and oxygen atoms in total. The van der Waals surface area contributed by atoms with E-state index in [4.69, 9.17) is 4.74 Å². The molecule has 2 aromatic rings. The van der Waals surface area contributed by atoms with Crippen molar-refractivity contribution in [3.8, 4) is 0 Å². The molecule has 1 aromatic heterocycles. The van der Waals surface area contributed by atoms with Gasteiger partial charge >= 0.3 is 5.97 Å². The number of ether oxygens (including phenoxy) is 1. The molecule has 0 spiro atoms. The Balaban J connectivity index is 1.87. The van der Waals surface area contributed by atoms with Gasteiger partial charge in [0.25, 0.3) is 5.91 Å². The number of carbonyl (C=O) groups is 2. The molecule has 1 N–H and O–H groups in total. The summed E-state index contributed by atoms with van der Waals surface area (Å²) < 4.78 is 30.5. The Morgan fingerprint density at radius 3 is 2.66 bits per heavy atom. The summed E-state index contributed by atoms with van der Waals surface area (Å²) in [6.07, 6.45) is 3.33. The predicted octanol–water partition coefficient (Wildman–Crippen LogP) is 3.45. The van der Waals surface area contributed by atoms with Gasteiger partial charge in [0.15, 0.2) is 0 Å². The van der Waals surface area contributed by atoms with Crippen LogP contribution in [0.15, 0.2) is 24.3 Å². The summed E-state index contributed by atoms with van der Waals surface area (Å²) in [4.78, 5) is 26.0. The predicted molar refractivity (Wildman–Crippen MR) is 115 cm³/mol. The molecule has 156 valence electrons. The Hall–Kier alpha value is -2.39. The van der Waals surface area contributed by atoms with Crippen molar-refractivity contribution in [2.75, 3.05) is 29.0 Å². The van der Waals surface area contributed by atoms with E-state index in [1.165, 1.54) is 21.9 Å². The zero-order valence-electron chi connectivity index (χ0n) is 16.6. The third-order valence-corrected chi connectivity index (χ3v) is 7.05. The lowest BCUT2D eigenvalue weighted by Gasteiger charge is -2.29. The van der Waals surface area contributed by atoms with Gasteiger partial charge in [0.05, 0.1) is 24.1 Å². The maximum absolute atomic E-state index is 12.8. The Morgan fingerprint density at radius 2 is 2.00 bits per heavy atom. The molecule has 1 aliphatic rings. The van der Waals surface area contributed by atoms with Crippen molar-refractivity contribution in [3.05, 3.63) is 45.8 Å². The summed E-state index contributed by atoms with van der Waals surface area (Å²) in [5, 5.41) is 3.28. The summed E-state index contributed by atoms with van der Waals surface area (Å²) in [7, 11) is -3.36. The van der Waals surface area contributed by atoms with Crippen molar-refractivity contribution in [2.45, 2.75) is 33.1 Å². The fourth-order valence-corrected chi connectivity index (χ4v) is 5.27. The second-order valence-corrected chi connectivity index (χ2v) is 9.81. The first-order valence-electron chi connectivity index (χ1n) is 9.46. The fraction of sp³-hybridized carbons (Fsp3) is 0.400. The molecule has 2 heterocycles. The highest BCUT2D eigenvalue weighted by molar-refractivity contribution is 7.92. The number of thiophene rings is 1. The number of sulfonamides is 1. The molecule has 9 heteroatoms. The first kappa shape index (κ1) is 21.3. The number of aryl methyl sites for hydroxylation is 2. The minimum Gasteiger partial charge on any atom is -0.462 e. The highest BCUT2D eigenvalue weighted by atomic mass is 32.2. The van der Waals surface area contributed by atoms with E-state index >= 15 is 0 Å². The highest BCUT2D eigenvalue weighted by Crippen LogP contribution is 2.32. The van der Waals surface area contributed by atoms with Crippen LogP contribution in [-0.4, -0.2) is 39.7 Å². The van der Waals surface area contributed by atoms with Crippen LogP contribution < -0.4 is 9.62 Å². The normalized spacial score (nSPS) is 13.7. The van der Waals surface area contributed by atoms with E-state index in [2.05, 4.69) is 5.32 Å². The van der Waals surface area contributed by atoms with Gasteiger partial charge in [-0.3, -0.25) is 9.10 Å².